The maximum atomic E-state index is 13.2. The number of halogens is 2. The van der Waals surface area contributed by atoms with Crippen LogP contribution in [0.4, 0.5) is 8.78 Å². The van der Waals surface area contributed by atoms with Crippen LogP contribution in [-0.4, -0.2) is 19.0 Å². The van der Waals surface area contributed by atoms with Gasteiger partial charge in [-0.25, -0.2) is 8.78 Å². The average molecular weight is 266 g/mol. The summed E-state index contributed by atoms with van der Waals surface area (Å²) < 4.78 is 26.0. The van der Waals surface area contributed by atoms with Crippen molar-refractivity contribution in [3.05, 3.63) is 47.0 Å². The minimum atomic E-state index is -0.849. The predicted molar refractivity (Wildman–Crippen MR) is 68.3 cm³/mol. The largest absolute Gasteiger partial charge is 0.366 e. The number of carbonyl (C=O) groups excluding carboxylic acids is 1. The molecule has 1 aliphatic heterocycles. The molecule has 1 heterocycles. The first-order chi connectivity index (χ1) is 9.06. The van der Waals surface area contributed by atoms with Crippen molar-refractivity contribution in [2.45, 2.75) is 12.8 Å². The van der Waals surface area contributed by atoms with Crippen molar-refractivity contribution >= 4 is 5.91 Å². The third kappa shape index (κ3) is 3.61. The average Bonchev–Trinajstić information content (AvgIpc) is 2.36. The van der Waals surface area contributed by atoms with Gasteiger partial charge in [0.25, 0.3) is 0 Å². The molecule has 1 atom stereocenters. The highest BCUT2D eigenvalue weighted by Gasteiger charge is 2.20. The van der Waals surface area contributed by atoms with Crippen LogP contribution in [0.1, 0.15) is 12.0 Å². The topological polar surface area (TPSA) is 55.1 Å². The molecule has 3 nitrogen and oxygen atoms in total. The van der Waals surface area contributed by atoms with E-state index >= 15 is 0 Å². The molecule has 0 aromatic heterocycles. The van der Waals surface area contributed by atoms with Crippen LogP contribution in [-0.2, 0) is 11.2 Å². The van der Waals surface area contributed by atoms with Crippen LogP contribution >= 0.6 is 0 Å². The number of carbonyl (C=O) groups is 1. The summed E-state index contributed by atoms with van der Waals surface area (Å²) in [6, 6.07) is 3.89. The van der Waals surface area contributed by atoms with Crippen LogP contribution in [0.3, 0.4) is 0 Å². The zero-order valence-corrected chi connectivity index (χ0v) is 10.5. The molecule has 3 N–H and O–H groups in total. The molecule has 1 amide bonds. The Balaban J connectivity index is 2.15. The lowest BCUT2D eigenvalue weighted by atomic mass is 9.87. The first-order valence-electron chi connectivity index (χ1n) is 6.21. The fourth-order valence-electron chi connectivity index (χ4n) is 2.37. The SMILES string of the molecule is NC(=O)C=C1CCNCC1Cc1ccc(F)c(F)c1. The molecule has 0 spiro atoms. The third-order valence-electron chi connectivity index (χ3n) is 3.30. The van der Waals surface area contributed by atoms with Gasteiger partial charge < -0.3 is 11.1 Å². The quantitative estimate of drug-likeness (QED) is 0.815. The number of amides is 1. The van der Waals surface area contributed by atoms with Crippen molar-refractivity contribution < 1.29 is 13.6 Å². The Bertz CT molecular complexity index is 514. The van der Waals surface area contributed by atoms with E-state index in [0.717, 1.165) is 24.6 Å². The lowest BCUT2D eigenvalue weighted by Crippen LogP contribution is -2.33. The van der Waals surface area contributed by atoms with Crippen molar-refractivity contribution in [3.63, 3.8) is 0 Å². The fourth-order valence-corrected chi connectivity index (χ4v) is 2.37. The zero-order valence-electron chi connectivity index (χ0n) is 10.5. The van der Waals surface area contributed by atoms with Gasteiger partial charge in [-0.05, 0) is 43.0 Å². The van der Waals surface area contributed by atoms with Gasteiger partial charge in [0.2, 0.25) is 5.91 Å². The highest BCUT2D eigenvalue weighted by atomic mass is 19.2. The molecule has 0 saturated carbocycles. The van der Waals surface area contributed by atoms with Crippen molar-refractivity contribution in [1.29, 1.82) is 0 Å². The van der Waals surface area contributed by atoms with E-state index in [1.54, 1.807) is 6.07 Å². The van der Waals surface area contributed by atoms with E-state index in [2.05, 4.69) is 5.32 Å². The third-order valence-corrected chi connectivity index (χ3v) is 3.30. The normalized spacial score (nSPS) is 21.6. The number of hydrogen-bond donors (Lipinski definition) is 2. The number of primary amides is 1. The summed E-state index contributed by atoms with van der Waals surface area (Å²) in [5.74, 6) is -2.07. The van der Waals surface area contributed by atoms with Gasteiger partial charge in [-0.2, -0.15) is 0 Å². The Labute approximate surface area is 110 Å². The molecule has 102 valence electrons. The van der Waals surface area contributed by atoms with E-state index in [-0.39, 0.29) is 5.92 Å². The summed E-state index contributed by atoms with van der Waals surface area (Å²) >= 11 is 0. The molecule has 19 heavy (non-hydrogen) atoms. The molecule has 0 radical (unpaired) electrons. The van der Waals surface area contributed by atoms with Gasteiger partial charge in [0, 0.05) is 12.6 Å². The van der Waals surface area contributed by atoms with Crippen molar-refractivity contribution in [1.82, 2.24) is 5.32 Å². The molecule has 1 aromatic rings. The molecular weight excluding hydrogens is 250 g/mol. The number of nitrogens with one attached hydrogen (secondary N) is 1. The highest BCUT2D eigenvalue weighted by Crippen LogP contribution is 2.23. The van der Waals surface area contributed by atoms with Crippen LogP contribution < -0.4 is 11.1 Å². The maximum absolute atomic E-state index is 13.2. The molecule has 1 saturated heterocycles. The van der Waals surface area contributed by atoms with E-state index < -0.39 is 17.5 Å². The molecule has 1 aliphatic rings. The Morgan fingerprint density at radius 1 is 1.42 bits per heavy atom. The van der Waals surface area contributed by atoms with Gasteiger partial charge in [-0.1, -0.05) is 11.6 Å². The summed E-state index contributed by atoms with van der Waals surface area (Å²) in [5.41, 5.74) is 6.86. The summed E-state index contributed by atoms with van der Waals surface area (Å²) in [6.45, 7) is 1.51. The van der Waals surface area contributed by atoms with E-state index in [1.807, 2.05) is 0 Å². The Morgan fingerprint density at radius 2 is 2.21 bits per heavy atom. The van der Waals surface area contributed by atoms with Gasteiger partial charge in [0.15, 0.2) is 11.6 Å². The minimum Gasteiger partial charge on any atom is -0.366 e. The molecule has 5 heteroatoms. The second-order valence-corrected chi connectivity index (χ2v) is 4.73. The second-order valence-electron chi connectivity index (χ2n) is 4.73. The van der Waals surface area contributed by atoms with Crippen LogP contribution in [0.15, 0.2) is 29.8 Å². The van der Waals surface area contributed by atoms with Gasteiger partial charge in [-0.3, -0.25) is 4.79 Å². The molecule has 0 bridgehead atoms. The number of nitrogens with two attached hydrogens (primary N) is 1. The molecule has 1 fully saturated rings. The fraction of sp³-hybridized carbons (Fsp3) is 0.357. The van der Waals surface area contributed by atoms with Crippen LogP contribution in [0.25, 0.3) is 0 Å². The molecule has 2 rings (SSSR count). The van der Waals surface area contributed by atoms with Crippen molar-refractivity contribution in [2.75, 3.05) is 13.1 Å². The van der Waals surface area contributed by atoms with Crippen LogP contribution in [0.5, 0.6) is 0 Å². The summed E-state index contributed by atoms with van der Waals surface area (Å²) in [7, 11) is 0. The van der Waals surface area contributed by atoms with Crippen LogP contribution in [0.2, 0.25) is 0 Å². The number of rotatable bonds is 3. The lowest BCUT2D eigenvalue weighted by molar-refractivity contribution is -0.113. The smallest absolute Gasteiger partial charge is 0.241 e. The van der Waals surface area contributed by atoms with Gasteiger partial charge >= 0.3 is 0 Å². The summed E-state index contributed by atoms with van der Waals surface area (Å²) in [5, 5.41) is 3.22. The first-order valence-corrected chi connectivity index (χ1v) is 6.21. The minimum absolute atomic E-state index is 0.0890. The van der Waals surface area contributed by atoms with Gasteiger partial charge in [0.05, 0.1) is 0 Å². The van der Waals surface area contributed by atoms with Gasteiger partial charge in [-0.15, -0.1) is 0 Å². The highest BCUT2D eigenvalue weighted by molar-refractivity contribution is 5.86. The van der Waals surface area contributed by atoms with Gasteiger partial charge in [0.1, 0.15) is 0 Å². The van der Waals surface area contributed by atoms with Crippen LogP contribution in [0, 0.1) is 17.6 Å². The Hall–Kier alpha value is -1.75. The van der Waals surface area contributed by atoms with Crippen molar-refractivity contribution in [3.8, 4) is 0 Å². The maximum Gasteiger partial charge on any atom is 0.241 e. The van der Waals surface area contributed by atoms with E-state index in [9.17, 15) is 13.6 Å². The number of benzene rings is 1. The van der Waals surface area contributed by atoms with E-state index in [4.69, 9.17) is 5.73 Å². The zero-order chi connectivity index (χ0) is 13.8. The standard InChI is InChI=1S/C14H16F2N2O/c15-12-2-1-9(6-13(12)16)5-11-8-18-4-3-10(11)7-14(17)19/h1-2,6-7,11,18H,3-5,8H2,(H2,17,19). The molecule has 0 aliphatic carbocycles. The van der Waals surface area contributed by atoms with E-state index in [0.29, 0.717) is 18.5 Å². The predicted octanol–water partition coefficient (Wildman–Crippen LogP) is 1.53. The molecule has 1 aromatic carbocycles. The summed E-state index contributed by atoms with van der Waals surface area (Å²) in [6.07, 6.45) is 2.76. The first kappa shape index (κ1) is 13.7. The molecular formula is C14H16F2N2O. The summed E-state index contributed by atoms with van der Waals surface area (Å²) in [4.78, 5) is 11.0. The monoisotopic (exact) mass is 266 g/mol. The van der Waals surface area contributed by atoms with Crippen molar-refractivity contribution in [2.24, 2.45) is 11.7 Å². The molecule has 1 unspecified atom stereocenters. The second kappa shape index (κ2) is 5.93. The number of piperidine rings is 1. The van der Waals surface area contributed by atoms with E-state index in [1.165, 1.54) is 12.1 Å². The Morgan fingerprint density at radius 3 is 2.89 bits per heavy atom. The lowest BCUT2D eigenvalue weighted by Gasteiger charge is -2.26. The Kier molecular flexibility index (Phi) is 4.27. The number of hydrogen-bond acceptors (Lipinski definition) is 2.